The number of rotatable bonds is 25. The van der Waals surface area contributed by atoms with Gasteiger partial charge in [0.2, 0.25) is 17.7 Å². The first-order valence-corrected chi connectivity index (χ1v) is 12.6. The number of nitrogens with one attached hydrogen (secondary N) is 3. The summed E-state index contributed by atoms with van der Waals surface area (Å²) in [6.45, 7) is 7.65. The minimum absolute atomic E-state index is 0.0331. The van der Waals surface area contributed by atoms with E-state index in [9.17, 15) is 14.4 Å². The van der Waals surface area contributed by atoms with Crippen molar-refractivity contribution < 1.29 is 33.3 Å². The molecule has 0 fully saturated rings. The Morgan fingerprint density at radius 1 is 0.529 bits per heavy atom. The van der Waals surface area contributed by atoms with E-state index in [0.29, 0.717) is 91.6 Å². The molecule has 0 saturated heterocycles. The van der Waals surface area contributed by atoms with Gasteiger partial charge in [0.25, 0.3) is 0 Å². The first-order valence-electron chi connectivity index (χ1n) is 12.6. The molecule has 0 aromatic heterocycles. The fourth-order valence-corrected chi connectivity index (χ4v) is 2.80. The number of ether oxygens (including phenoxy) is 4. The number of amides is 3. The Labute approximate surface area is 205 Å². The molecule has 10 heteroatoms. The molecule has 10 nitrogen and oxygen atoms in total. The normalized spacial score (nSPS) is 10.8. The molecule has 0 radical (unpaired) electrons. The van der Waals surface area contributed by atoms with E-state index in [-0.39, 0.29) is 17.7 Å². The molecule has 0 aromatic rings. The second kappa shape index (κ2) is 25.9. The lowest BCUT2D eigenvalue weighted by atomic mass is 10.2. The van der Waals surface area contributed by atoms with E-state index in [1.165, 1.54) is 0 Å². The molecule has 0 rings (SSSR count). The summed E-state index contributed by atoms with van der Waals surface area (Å²) in [5.74, 6) is 0.0299. The van der Waals surface area contributed by atoms with Crippen LogP contribution in [-0.2, 0) is 33.3 Å². The molecule has 0 aliphatic carbocycles. The van der Waals surface area contributed by atoms with Gasteiger partial charge in [-0.05, 0) is 32.1 Å². The van der Waals surface area contributed by atoms with E-state index in [1.807, 2.05) is 0 Å². The minimum atomic E-state index is -0.0469. The van der Waals surface area contributed by atoms with Crippen LogP contribution < -0.4 is 16.0 Å². The van der Waals surface area contributed by atoms with Crippen molar-refractivity contribution in [1.29, 1.82) is 0 Å². The van der Waals surface area contributed by atoms with Crippen LogP contribution in [0, 0.1) is 0 Å². The smallest absolute Gasteiger partial charge is 0.220 e. The van der Waals surface area contributed by atoms with Gasteiger partial charge in [-0.15, -0.1) is 0 Å². The number of hydrogen-bond acceptors (Lipinski definition) is 7. The van der Waals surface area contributed by atoms with Crippen molar-refractivity contribution in [1.82, 2.24) is 16.0 Å². The van der Waals surface area contributed by atoms with Crippen molar-refractivity contribution >= 4 is 17.7 Å². The van der Waals surface area contributed by atoms with Crippen LogP contribution in [0.2, 0.25) is 0 Å². The number of carbonyl (C=O) groups is 3. The van der Waals surface area contributed by atoms with Gasteiger partial charge in [0, 0.05) is 65.8 Å². The summed E-state index contributed by atoms with van der Waals surface area (Å²) in [7, 11) is 1.63. The van der Waals surface area contributed by atoms with Gasteiger partial charge in [-0.3, -0.25) is 14.4 Å². The molecule has 0 unspecified atom stereocenters. The lowest BCUT2D eigenvalue weighted by Gasteiger charge is -2.08. The first-order chi connectivity index (χ1) is 16.6. The van der Waals surface area contributed by atoms with Crippen molar-refractivity contribution in [3.05, 3.63) is 0 Å². The lowest BCUT2D eigenvalue weighted by Crippen LogP contribution is -2.27. The number of hydrogen-bond donors (Lipinski definition) is 3. The van der Waals surface area contributed by atoms with Crippen LogP contribution in [0.3, 0.4) is 0 Å². The Balaban J connectivity index is 3.26. The average molecular weight is 490 g/mol. The number of methoxy groups -OCH3 is 1. The van der Waals surface area contributed by atoms with Crippen molar-refractivity contribution in [3.8, 4) is 0 Å². The monoisotopic (exact) mass is 489 g/mol. The van der Waals surface area contributed by atoms with Gasteiger partial charge in [-0.25, -0.2) is 0 Å². The van der Waals surface area contributed by atoms with Crippen LogP contribution in [0.25, 0.3) is 0 Å². The van der Waals surface area contributed by atoms with Gasteiger partial charge in [-0.2, -0.15) is 0 Å². The highest BCUT2D eigenvalue weighted by Crippen LogP contribution is 1.96. The van der Waals surface area contributed by atoms with E-state index < -0.39 is 0 Å². The van der Waals surface area contributed by atoms with Crippen molar-refractivity contribution in [2.24, 2.45) is 0 Å². The summed E-state index contributed by atoms with van der Waals surface area (Å²) in [5.41, 5.74) is 0. The zero-order valence-electron chi connectivity index (χ0n) is 21.3. The van der Waals surface area contributed by atoms with Gasteiger partial charge in [0.1, 0.15) is 0 Å². The molecule has 0 bridgehead atoms. The molecule has 0 aromatic carbocycles. The fraction of sp³-hybridized carbons (Fsp3) is 0.875. The standard InChI is InChI=1S/C24H47N3O7/c1-3-4-9-22(28)26-13-7-16-32-18-20-34-21-19-33-17-8-14-27-24(30)11-5-10-23(29)25-12-6-15-31-2/h3-21H2,1-2H3,(H,25,29)(H,26,28)(H,27,30). The maximum atomic E-state index is 11.8. The summed E-state index contributed by atoms with van der Waals surface area (Å²) < 4.78 is 21.3. The van der Waals surface area contributed by atoms with Crippen molar-refractivity contribution in [2.75, 3.05) is 73.0 Å². The van der Waals surface area contributed by atoms with E-state index in [4.69, 9.17) is 18.9 Å². The Morgan fingerprint density at radius 2 is 0.912 bits per heavy atom. The van der Waals surface area contributed by atoms with Crippen molar-refractivity contribution in [3.63, 3.8) is 0 Å². The molecular formula is C24H47N3O7. The van der Waals surface area contributed by atoms with Gasteiger partial charge in [0.05, 0.1) is 26.4 Å². The van der Waals surface area contributed by atoms with Crippen LogP contribution in [0.15, 0.2) is 0 Å². The maximum Gasteiger partial charge on any atom is 0.220 e. The average Bonchev–Trinajstić information content (AvgIpc) is 2.82. The predicted molar refractivity (Wildman–Crippen MR) is 131 cm³/mol. The van der Waals surface area contributed by atoms with Crippen LogP contribution >= 0.6 is 0 Å². The molecular weight excluding hydrogens is 442 g/mol. The fourth-order valence-electron chi connectivity index (χ4n) is 2.80. The number of unbranched alkanes of at least 4 members (excludes halogenated alkanes) is 1. The van der Waals surface area contributed by atoms with E-state index in [2.05, 4.69) is 22.9 Å². The van der Waals surface area contributed by atoms with Crippen LogP contribution in [0.4, 0.5) is 0 Å². The highest BCUT2D eigenvalue weighted by molar-refractivity contribution is 5.78. The largest absolute Gasteiger partial charge is 0.385 e. The lowest BCUT2D eigenvalue weighted by molar-refractivity contribution is -0.123. The van der Waals surface area contributed by atoms with Crippen LogP contribution in [-0.4, -0.2) is 90.7 Å². The molecule has 0 aliphatic heterocycles. The molecule has 0 heterocycles. The molecule has 0 spiro atoms. The van der Waals surface area contributed by atoms with E-state index in [0.717, 1.165) is 32.1 Å². The Morgan fingerprint density at radius 3 is 1.32 bits per heavy atom. The number of carbonyl (C=O) groups excluding carboxylic acids is 3. The molecule has 34 heavy (non-hydrogen) atoms. The third-order valence-corrected chi connectivity index (χ3v) is 4.73. The Bertz CT molecular complexity index is 507. The summed E-state index contributed by atoms with van der Waals surface area (Å²) in [6.07, 6.45) is 6.09. The summed E-state index contributed by atoms with van der Waals surface area (Å²) >= 11 is 0. The summed E-state index contributed by atoms with van der Waals surface area (Å²) in [6, 6.07) is 0. The quantitative estimate of drug-likeness (QED) is 0.166. The SMILES string of the molecule is CCCCC(=O)NCCCOCCOCCOCCCNC(=O)CCCC(=O)NCCCOC. The molecule has 0 aliphatic rings. The molecule has 0 saturated carbocycles. The maximum absolute atomic E-state index is 11.8. The second-order valence-corrected chi connectivity index (χ2v) is 7.90. The molecule has 3 N–H and O–H groups in total. The van der Waals surface area contributed by atoms with E-state index >= 15 is 0 Å². The highest BCUT2D eigenvalue weighted by atomic mass is 16.5. The zero-order valence-corrected chi connectivity index (χ0v) is 21.3. The third-order valence-electron chi connectivity index (χ3n) is 4.73. The Kier molecular flexibility index (Phi) is 24.5. The minimum Gasteiger partial charge on any atom is -0.385 e. The van der Waals surface area contributed by atoms with Gasteiger partial charge >= 0.3 is 0 Å². The molecule has 3 amide bonds. The second-order valence-electron chi connectivity index (χ2n) is 7.90. The molecule has 0 atom stereocenters. The van der Waals surface area contributed by atoms with Crippen LogP contribution in [0.1, 0.15) is 64.7 Å². The predicted octanol–water partition coefficient (Wildman–Crippen LogP) is 1.56. The highest BCUT2D eigenvalue weighted by Gasteiger charge is 2.05. The van der Waals surface area contributed by atoms with Gasteiger partial charge in [-0.1, -0.05) is 13.3 Å². The zero-order chi connectivity index (χ0) is 25.1. The van der Waals surface area contributed by atoms with Crippen LogP contribution in [0.5, 0.6) is 0 Å². The van der Waals surface area contributed by atoms with Gasteiger partial charge in [0.15, 0.2) is 0 Å². The summed E-state index contributed by atoms with van der Waals surface area (Å²) in [5, 5.41) is 8.51. The van der Waals surface area contributed by atoms with E-state index in [1.54, 1.807) is 7.11 Å². The third kappa shape index (κ3) is 24.9. The summed E-state index contributed by atoms with van der Waals surface area (Å²) in [4.78, 5) is 34.8. The Hall–Kier alpha value is -1.75. The van der Waals surface area contributed by atoms with Crippen molar-refractivity contribution in [2.45, 2.75) is 64.7 Å². The topological polar surface area (TPSA) is 124 Å². The van der Waals surface area contributed by atoms with Gasteiger partial charge < -0.3 is 34.9 Å². The molecule has 200 valence electrons. The first kappa shape index (κ1) is 32.2.